The first-order valence-corrected chi connectivity index (χ1v) is 6.95. The van der Waals surface area contributed by atoms with Gasteiger partial charge in [0.1, 0.15) is 0 Å². The molecule has 1 fully saturated rings. The van der Waals surface area contributed by atoms with Gasteiger partial charge in [0, 0.05) is 24.9 Å². The third kappa shape index (κ3) is 2.74. The molecule has 1 N–H and O–H groups in total. The fourth-order valence-corrected chi connectivity index (χ4v) is 2.72. The van der Waals surface area contributed by atoms with Crippen LogP contribution in [0.1, 0.15) is 12.0 Å². The lowest BCUT2D eigenvalue weighted by Crippen LogP contribution is -2.28. The van der Waals surface area contributed by atoms with Crippen LogP contribution in [0.25, 0.3) is 10.9 Å². The number of nitrogens with zero attached hydrogens (tertiary/aromatic N) is 2. The van der Waals surface area contributed by atoms with Crippen molar-refractivity contribution in [1.82, 2.24) is 15.1 Å². The topological polar surface area (TPSA) is 75.3 Å². The minimum absolute atomic E-state index is 0.0230. The van der Waals surface area contributed by atoms with Gasteiger partial charge in [-0.25, -0.2) is 0 Å². The third-order valence-electron chi connectivity index (χ3n) is 3.92. The van der Waals surface area contributed by atoms with E-state index in [1.54, 1.807) is 11.1 Å². The van der Waals surface area contributed by atoms with Crippen LogP contribution in [0, 0.1) is 5.92 Å². The van der Waals surface area contributed by atoms with Gasteiger partial charge in [0.2, 0.25) is 5.91 Å². The van der Waals surface area contributed by atoms with Crippen LogP contribution < -0.4 is 0 Å². The largest absolute Gasteiger partial charge is 0.469 e. The third-order valence-corrected chi connectivity index (χ3v) is 3.92. The molecule has 1 atom stereocenters. The van der Waals surface area contributed by atoms with Gasteiger partial charge >= 0.3 is 5.97 Å². The molecule has 0 saturated carbocycles. The zero-order valence-electron chi connectivity index (χ0n) is 11.8. The molecule has 2 heterocycles. The first-order valence-electron chi connectivity index (χ1n) is 6.95. The Hall–Kier alpha value is -2.37. The van der Waals surface area contributed by atoms with Gasteiger partial charge in [-0.2, -0.15) is 5.10 Å². The Morgan fingerprint density at radius 3 is 3.19 bits per heavy atom. The van der Waals surface area contributed by atoms with Crippen LogP contribution in [-0.4, -0.2) is 47.2 Å². The number of aromatic amines is 1. The zero-order valence-corrected chi connectivity index (χ0v) is 11.8. The summed E-state index contributed by atoms with van der Waals surface area (Å²) in [5.41, 5.74) is 2.15. The quantitative estimate of drug-likeness (QED) is 0.855. The molecule has 6 nitrogen and oxygen atoms in total. The molecule has 1 aromatic carbocycles. The second-order valence-electron chi connectivity index (χ2n) is 5.31. The Balaban J connectivity index is 1.62. The van der Waals surface area contributed by atoms with E-state index in [4.69, 9.17) is 4.74 Å². The lowest BCUT2D eigenvalue weighted by molar-refractivity contribution is -0.145. The van der Waals surface area contributed by atoms with Crippen LogP contribution in [0.4, 0.5) is 0 Å². The Morgan fingerprint density at radius 2 is 2.38 bits per heavy atom. The minimum Gasteiger partial charge on any atom is -0.469 e. The maximum atomic E-state index is 11.9. The van der Waals surface area contributed by atoms with E-state index in [1.165, 1.54) is 7.11 Å². The van der Waals surface area contributed by atoms with E-state index in [2.05, 4.69) is 16.3 Å². The van der Waals surface area contributed by atoms with E-state index < -0.39 is 0 Å². The first-order chi connectivity index (χ1) is 10.2. The number of nitrogens with one attached hydrogen (secondary N) is 1. The molecule has 0 bridgehead atoms. The van der Waals surface area contributed by atoms with Gasteiger partial charge in [-0.05, 0) is 24.1 Å². The van der Waals surface area contributed by atoms with Crippen LogP contribution >= 0.6 is 0 Å². The maximum absolute atomic E-state index is 11.9. The molecule has 0 aliphatic carbocycles. The Kier molecular flexibility index (Phi) is 3.60. The van der Waals surface area contributed by atoms with Crippen molar-refractivity contribution in [3.63, 3.8) is 0 Å². The molecule has 0 radical (unpaired) electrons. The first kappa shape index (κ1) is 13.6. The molecule has 1 saturated heterocycles. The summed E-state index contributed by atoms with van der Waals surface area (Å²) in [4.78, 5) is 25.1. The van der Waals surface area contributed by atoms with Gasteiger partial charge in [-0.3, -0.25) is 14.7 Å². The zero-order chi connectivity index (χ0) is 14.8. The summed E-state index contributed by atoms with van der Waals surface area (Å²) >= 11 is 0. The van der Waals surface area contributed by atoms with Gasteiger partial charge in [-0.15, -0.1) is 0 Å². The molecule has 1 aliphatic rings. The van der Waals surface area contributed by atoms with Crippen LogP contribution in [0.3, 0.4) is 0 Å². The van der Waals surface area contributed by atoms with E-state index in [0.717, 1.165) is 22.9 Å². The average Bonchev–Trinajstić information content (AvgIpc) is 3.10. The van der Waals surface area contributed by atoms with E-state index >= 15 is 0 Å². The smallest absolute Gasteiger partial charge is 0.310 e. The van der Waals surface area contributed by atoms with Crippen molar-refractivity contribution >= 4 is 22.8 Å². The highest BCUT2D eigenvalue weighted by Gasteiger charge is 2.34. The molecule has 3 rings (SSSR count). The standard InChI is InChI=1S/C15H17N3O3/c1-21-15(20)12-7-14(19)18(9-12)5-4-10-2-3-13-11(6-10)8-16-17-13/h2-3,6,8,12H,4-5,7,9H2,1H3,(H,16,17). The van der Waals surface area contributed by atoms with Gasteiger partial charge < -0.3 is 9.64 Å². The molecule has 21 heavy (non-hydrogen) atoms. The maximum Gasteiger partial charge on any atom is 0.310 e. The monoisotopic (exact) mass is 287 g/mol. The summed E-state index contributed by atoms with van der Waals surface area (Å²) < 4.78 is 4.70. The van der Waals surface area contributed by atoms with Crippen LogP contribution in [0.5, 0.6) is 0 Å². The molecule has 2 aromatic rings. The summed E-state index contributed by atoms with van der Waals surface area (Å²) in [5, 5.41) is 7.96. The van der Waals surface area contributed by atoms with Crippen molar-refractivity contribution in [3.05, 3.63) is 30.0 Å². The minimum atomic E-state index is -0.321. The number of amides is 1. The molecular formula is C15H17N3O3. The number of H-pyrrole nitrogens is 1. The highest BCUT2D eigenvalue weighted by molar-refractivity contribution is 5.86. The number of fused-ring (bicyclic) bond motifs is 1. The normalized spacial score (nSPS) is 18.4. The second-order valence-corrected chi connectivity index (χ2v) is 5.31. The van der Waals surface area contributed by atoms with Crippen LogP contribution in [-0.2, 0) is 20.7 Å². The predicted octanol–water partition coefficient (Wildman–Crippen LogP) is 1.13. The number of likely N-dealkylation sites (tertiary alicyclic amines) is 1. The van der Waals surface area contributed by atoms with E-state index in [9.17, 15) is 9.59 Å². The predicted molar refractivity (Wildman–Crippen MR) is 76.5 cm³/mol. The number of ether oxygens (including phenoxy) is 1. The Labute approximate surface area is 122 Å². The fourth-order valence-electron chi connectivity index (χ4n) is 2.72. The van der Waals surface area contributed by atoms with Crippen LogP contribution in [0.2, 0.25) is 0 Å². The number of esters is 1. The molecule has 1 aliphatic heterocycles. The Morgan fingerprint density at radius 1 is 1.52 bits per heavy atom. The molecule has 110 valence electrons. The van der Waals surface area contributed by atoms with E-state index in [1.807, 2.05) is 12.1 Å². The molecule has 0 spiro atoms. The van der Waals surface area contributed by atoms with E-state index in [0.29, 0.717) is 13.1 Å². The molecule has 6 heteroatoms. The molecule has 1 unspecified atom stereocenters. The second kappa shape index (κ2) is 5.55. The number of methoxy groups -OCH3 is 1. The van der Waals surface area contributed by atoms with Crippen molar-refractivity contribution in [2.24, 2.45) is 5.92 Å². The van der Waals surface area contributed by atoms with Gasteiger partial charge in [0.05, 0.1) is 24.7 Å². The molecule has 1 amide bonds. The number of rotatable bonds is 4. The van der Waals surface area contributed by atoms with Crippen molar-refractivity contribution in [2.75, 3.05) is 20.2 Å². The number of hydrogen-bond acceptors (Lipinski definition) is 4. The number of benzene rings is 1. The summed E-state index contributed by atoms with van der Waals surface area (Å²) in [6, 6.07) is 6.08. The van der Waals surface area contributed by atoms with Crippen molar-refractivity contribution in [1.29, 1.82) is 0 Å². The van der Waals surface area contributed by atoms with Crippen molar-refractivity contribution in [2.45, 2.75) is 12.8 Å². The van der Waals surface area contributed by atoms with Crippen molar-refractivity contribution in [3.8, 4) is 0 Å². The van der Waals surface area contributed by atoms with Gasteiger partial charge in [0.15, 0.2) is 0 Å². The lowest BCUT2D eigenvalue weighted by Gasteiger charge is -2.16. The summed E-state index contributed by atoms with van der Waals surface area (Å²) in [6.45, 7) is 1.08. The summed E-state index contributed by atoms with van der Waals surface area (Å²) in [5.74, 6) is -0.598. The Bertz CT molecular complexity index is 680. The molecular weight excluding hydrogens is 270 g/mol. The SMILES string of the molecule is COC(=O)C1CC(=O)N(CCc2ccc3[nH]ncc3c2)C1. The highest BCUT2D eigenvalue weighted by Crippen LogP contribution is 2.20. The van der Waals surface area contributed by atoms with Gasteiger partial charge in [0.25, 0.3) is 0 Å². The van der Waals surface area contributed by atoms with Gasteiger partial charge in [-0.1, -0.05) is 6.07 Å². The number of hydrogen-bond donors (Lipinski definition) is 1. The number of carbonyl (C=O) groups is 2. The van der Waals surface area contributed by atoms with Crippen LogP contribution in [0.15, 0.2) is 24.4 Å². The van der Waals surface area contributed by atoms with E-state index in [-0.39, 0.29) is 24.2 Å². The summed E-state index contributed by atoms with van der Waals surface area (Å²) in [6.07, 6.45) is 2.81. The summed E-state index contributed by atoms with van der Waals surface area (Å²) in [7, 11) is 1.36. The lowest BCUT2D eigenvalue weighted by atomic mass is 10.1. The number of carbonyl (C=O) groups excluding carboxylic acids is 2. The fraction of sp³-hybridized carbons (Fsp3) is 0.400. The highest BCUT2D eigenvalue weighted by atomic mass is 16.5. The molecule has 1 aromatic heterocycles. The average molecular weight is 287 g/mol. The number of aromatic nitrogens is 2. The van der Waals surface area contributed by atoms with Crippen molar-refractivity contribution < 1.29 is 14.3 Å².